The predicted molar refractivity (Wildman–Crippen MR) is 58.0 cm³/mol. The zero-order valence-electron chi connectivity index (χ0n) is 8.63. The Kier molecular flexibility index (Phi) is 4.39. The lowest BCUT2D eigenvalue weighted by Gasteiger charge is -2.08. The van der Waals surface area contributed by atoms with Gasteiger partial charge in [-0.25, -0.2) is 4.98 Å². The first-order chi connectivity index (χ1) is 6.22. The molecule has 0 aliphatic rings. The molecular formula is C10H18N2S. The van der Waals surface area contributed by atoms with Crippen molar-refractivity contribution in [3.8, 4) is 0 Å². The molecule has 2 nitrogen and oxygen atoms in total. The summed E-state index contributed by atoms with van der Waals surface area (Å²) in [6.07, 6.45) is 1.24. The first-order valence-electron chi connectivity index (χ1n) is 4.84. The molecular weight excluding hydrogens is 180 g/mol. The van der Waals surface area contributed by atoms with Crippen molar-refractivity contribution in [2.24, 2.45) is 5.92 Å². The van der Waals surface area contributed by atoms with Crippen LogP contribution in [-0.4, -0.2) is 11.5 Å². The molecule has 0 aromatic carbocycles. The Morgan fingerprint density at radius 3 is 2.92 bits per heavy atom. The summed E-state index contributed by atoms with van der Waals surface area (Å²) in [6, 6.07) is 0. The molecule has 1 aromatic heterocycles. The van der Waals surface area contributed by atoms with E-state index in [1.165, 1.54) is 12.1 Å². The summed E-state index contributed by atoms with van der Waals surface area (Å²) in [6.45, 7) is 8.53. The average molecular weight is 198 g/mol. The highest BCUT2D eigenvalue weighted by molar-refractivity contribution is 7.09. The lowest BCUT2D eigenvalue weighted by molar-refractivity contribution is 0.498. The minimum Gasteiger partial charge on any atom is -0.311 e. The van der Waals surface area contributed by atoms with Crippen LogP contribution in [0.1, 0.15) is 31.0 Å². The molecule has 1 N–H and O–H groups in total. The number of hydrogen-bond donors (Lipinski definition) is 1. The lowest BCUT2D eigenvalue weighted by Crippen LogP contribution is -2.20. The molecule has 0 fully saturated rings. The summed E-state index contributed by atoms with van der Waals surface area (Å²) in [5.74, 6) is 0.764. The van der Waals surface area contributed by atoms with Crippen LogP contribution in [0.15, 0.2) is 5.38 Å². The summed E-state index contributed by atoms with van der Waals surface area (Å²) in [4.78, 5) is 4.39. The largest absolute Gasteiger partial charge is 0.311 e. The van der Waals surface area contributed by atoms with Crippen molar-refractivity contribution >= 4 is 11.3 Å². The van der Waals surface area contributed by atoms with E-state index >= 15 is 0 Å². The van der Waals surface area contributed by atoms with E-state index < -0.39 is 0 Å². The maximum atomic E-state index is 4.39. The maximum absolute atomic E-state index is 4.39. The second-order valence-electron chi connectivity index (χ2n) is 3.50. The third-order valence-corrected chi connectivity index (χ3v) is 2.98. The first kappa shape index (κ1) is 10.7. The molecule has 0 amide bonds. The van der Waals surface area contributed by atoms with Gasteiger partial charge in [0.15, 0.2) is 0 Å². The van der Waals surface area contributed by atoms with Crippen LogP contribution in [-0.2, 0) is 6.54 Å². The Morgan fingerprint density at radius 1 is 1.62 bits per heavy atom. The van der Waals surface area contributed by atoms with Gasteiger partial charge in [-0.05, 0) is 19.4 Å². The van der Waals surface area contributed by atoms with Crippen LogP contribution in [0.4, 0.5) is 0 Å². The molecule has 3 heteroatoms. The molecule has 0 aliphatic carbocycles. The SMILES string of the molecule is CCC(C)CNCc1csc(C)n1. The second kappa shape index (κ2) is 5.35. The Bertz CT molecular complexity index is 245. The molecule has 1 aromatic rings. The van der Waals surface area contributed by atoms with Crippen LogP contribution in [0.2, 0.25) is 0 Å². The van der Waals surface area contributed by atoms with E-state index in [0.29, 0.717) is 0 Å². The zero-order valence-corrected chi connectivity index (χ0v) is 9.45. The van der Waals surface area contributed by atoms with Crippen LogP contribution >= 0.6 is 11.3 Å². The number of nitrogens with zero attached hydrogens (tertiary/aromatic N) is 1. The van der Waals surface area contributed by atoms with Crippen molar-refractivity contribution in [1.29, 1.82) is 0 Å². The molecule has 0 aliphatic heterocycles. The Labute approximate surface area is 84.4 Å². The van der Waals surface area contributed by atoms with Gasteiger partial charge in [0.05, 0.1) is 10.7 Å². The highest BCUT2D eigenvalue weighted by atomic mass is 32.1. The molecule has 74 valence electrons. The monoisotopic (exact) mass is 198 g/mol. The number of thiazole rings is 1. The van der Waals surface area contributed by atoms with Gasteiger partial charge in [-0.2, -0.15) is 0 Å². The fourth-order valence-corrected chi connectivity index (χ4v) is 1.69. The number of aromatic nitrogens is 1. The normalized spacial score (nSPS) is 13.2. The van der Waals surface area contributed by atoms with Crippen molar-refractivity contribution in [2.75, 3.05) is 6.54 Å². The predicted octanol–water partition coefficient (Wildman–Crippen LogP) is 2.59. The molecule has 13 heavy (non-hydrogen) atoms. The fraction of sp³-hybridized carbons (Fsp3) is 0.700. The van der Waals surface area contributed by atoms with Crippen LogP contribution in [0.25, 0.3) is 0 Å². The zero-order chi connectivity index (χ0) is 9.68. The smallest absolute Gasteiger partial charge is 0.0897 e. The van der Waals surface area contributed by atoms with E-state index in [1.54, 1.807) is 11.3 Å². The van der Waals surface area contributed by atoms with E-state index in [1.807, 2.05) is 6.92 Å². The molecule has 1 rings (SSSR count). The minimum atomic E-state index is 0.764. The Hall–Kier alpha value is -0.410. The Balaban J connectivity index is 2.20. The summed E-state index contributed by atoms with van der Waals surface area (Å²) >= 11 is 1.72. The van der Waals surface area contributed by atoms with Crippen molar-refractivity contribution < 1.29 is 0 Å². The summed E-state index contributed by atoms with van der Waals surface area (Å²) in [7, 11) is 0. The molecule has 0 spiro atoms. The first-order valence-corrected chi connectivity index (χ1v) is 5.72. The second-order valence-corrected chi connectivity index (χ2v) is 4.56. The number of rotatable bonds is 5. The van der Waals surface area contributed by atoms with Crippen LogP contribution in [0.3, 0.4) is 0 Å². The van der Waals surface area contributed by atoms with E-state index in [0.717, 1.165) is 24.0 Å². The quantitative estimate of drug-likeness (QED) is 0.786. The average Bonchev–Trinajstić information content (AvgIpc) is 2.51. The highest BCUT2D eigenvalue weighted by Gasteiger charge is 2.00. The summed E-state index contributed by atoms with van der Waals surface area (Å²) < 4.78 is 0. The van der Waals surface area contributed by atoms with Gasteiger partial charge in [0, 0.05) is 11.9 Å². The molecule has 0 bridgehead atoms. The molecule has 1 unspecified atom stereocenters. The van der Waals surface area contributed by atoms with Crippen LogP contribution in [0, 0.1) is 12.8 Å². The number of nitrogens with one attached hydrogen (secondary N) is 1. The van der Waals surface area contributed by atoms with Crippen molar-refractivity contribution in [3.05, 3.63) is 16.1 Å². The van der Waals surface area contributed by atoms with Gasteiger partial charge >= 0.3 is 0 Å². The van der Waals surface area contributed by atoms with E-state index in [-0.39, 0.29) is 0 Å². The van der Waals surface area contributed by atoms with Crippen molar-refractivity contribution in [3.63, 3.8) is 0 Å². The van der Waals surface area contributed by atoms with Gasteiger partial charge in [-0.3, -0.25) is 0 Å². The molecule has 1 heterocycles. The van der Waals surface area contributed by atoms with Gasteiger partial charge in [-0.15, -0.1) is 11.3 Å². The fourth-order valence-electron chi connectivity index (χ4n) is 1.08. The maximum Gasteiger partial charge on any atom is 0.0897 e. The van der Waals surface area contributed by atoms with Gasteiger partial charge in [0.25, 0.3) is 0 Å². The van der Waals surface area contributed by atoms with Crippen molar-refractivity contribution in [1.82, 2.24) is 10.3 Å². The standard InChI is InChI=1S/C10H18N2S/c1-4-8(2)5-11-6-10-7-13-9(3)12-10/h7-8,11H,4-6H2,1-3H3. The highest BCUT2D eigenvalue weighted by Crippen LogP contribution is 2.07. The molecule has 0 saturated carbocycles. The van der Waals surface area contributed by atoms with E-state index in [4.69, 9.17) is 0 Å². The van der Waals surface area contributed by atoms with Gasteiger partial charge in [-0.1, -0.05) is 20.3 Å². The third kappa shape index (κ3) is 3.87. The van der Waals surface area contributed by atoms with E-state index in [9.17, 15) is 0 Å². The summed E-state index contributed by atoms with van der Waals surface area (Å²) in [5, 5.41) is 6.69. The molecule has 0 saturated heterocycles. The number of aryl methyl sites for hydroxylation is 1. The number of hydrogen-bond acceptors (Lipinski definition) is 3. The van der Waals surface area contributed by atoms with Crippen LogP contribution < -0.4 is 5.32 Å². The van der Waals surface area contributed by atoms with E-state index in [2.05, 4.69) is 29.5 Å². The summed E-state index contributed by atoms with van der Waals surface area (Å²) in [5.41, 5.74) is 1.17. The van der Waals surface area contributed by atoms with Gasteiger partial charge < -0.3 is 5.32 Å². The molecule has 0 radical (unpaired) electrons. The topological polar surface area (TPSA) is 24.9 Å². The molecule has 1 atom stereocenters. The minimum absolute atomic E-state index is 0.764. The van der Waals surface area contributed by atoms with Gasteiger partial charge in [0.1, 0.15) is 0 Å². The van der Waals surface area contributed by atoms with Crippen molar-refractivity contribution in [2.45, 2.75) is 33.7 Å². The lowest BCUT2D eigenvalue weighted by atomic mass is 10.1. The Morgan fingerprint density at radius 2 is 2.38 bits per heavy atom. The van der Waals surface area contributed by atoms with Gasteiger partial charge in [0.2, 0.25) is 0 Å². The third-order valence-electron chi connectivity index (χ3n) is 2.16. The van der Waals surface area contributed by atoms with Crippen LogP contribution in [0.5, 0.6) is 0 Å².